The topological polar surface area (TPSA) is 0 Å². The Morgan fingerprint density at radius 3 is 2.24 bits per heavy atom. The van der Waals surface area contributed by atoms with Crippen molar-refractivity contribution in [2.24, 2.45) is 11.8 Å². The second-order valence-electron chi connectivity index (χ2n) is 6.82. The minimum absolute atomic E-state index is 0.731. The summed E-state index contributed by atoms with van der Waals surface area (Å²) in [7, 11) is 0. The molecular weight excluding hydrogens is 300 g/mol. The Labute approximate surface area is 155 Å². The van der Waals surface area contributed by atoms with Gasteiger partial charge in [0.2, 0.25) is 0 Å². The van der Waals surface area contributed by atoms with Crippen LogP contribution in [0.4, 0.5) is 0 Å². The van der Waals surface area contributed by atoms with Crippen molar-refractivity contribution in [3.63, 3.8) is 0 Å². The standard InChI is InChI=1S/C23H27.C2H6/c1-3-5-19-10-14-23(15-11-19)21-7-4-6-20(16-17-21)22-12-8-18(2)9-13-22;1-2/h3-9,12-13,16-17,19,23H,10-11,14-15H2,1-2H3;1-2H3/b5-3+;. The molecule has 0 heteroatoms. The van der Waals surface area contributed by atoms with Crippen LogP contribution in [0.1, 0.15) is 57.6 Å². The molecule has 0 atom stereocenters. The summed E-state index contributed by atoms with van der Waals surface area (Å²) in [5.41, 5.74) is 5.42. The van der Waals surface area contributed by atoms with E-state index in [0.29, 0.717) is 0 Å². The molecule has 3 rings (SSSR count). The molecule has 133 valence electrons. The van der Waals surface area contributed by atoms with E-state index in [4.69, 9.17) is 0 Å². The van der Waals surface area contributed by atoms with Crippen LogP contribution >= 0.6 is 0 Å². The summed E-state index contributed by atoms with van der Waals surface area (Å²) in [6, 6.07) is 8.80. The molecule has 1 aromatic carbocycles. The van der Waals surface area contributed by atoms with Gasteiger partial charge in [-0.05, 0) is 62.5 Å². The Bertz CT molecular complexity index is 629. The third kappa shape index (κ3) is 5.59. The lowest BCUT2D eigenvalue weighted by molar-refractivity contribution is 0.346. The van der Waals surface area contributed by atoms with E-state index < -0.39 is 0 Å². The zero-order chi connectivity index (χ0) is 18.1. The van der Waals surface area contributed by atoms with Crippen LogP contribution in [-0.2, 0) is 0 Å². The van der Waals surface area contributed by atoms with Gasteiger partial charge in [0, 0.05) is 6.42 Å². The molecule has 1 saturated carbocycles. The molecule has 0 unspecified atom stereocenters. The van der Waals surface area contributed by atoms with Crippen LogP contribution < -0.4 is 0 Å². The Morgan fingerprint density at radius 2 is 1.60 bits per heavy atom. The highest BCUT2D eigenvalue weighted by Gasteiger charge is 2.22. The minimum atomic E-state index is 0.731. The summed E-state index contributed by atoms with van der Waals surface area (Å²) in [5.74, 6) is 1.53. The van der Waals surface area contributed by atoms with E-state index in [1.807, 2.05) is 13.8 Å². The predicted octanol–water partition coefficient (Wildman–Crippen LogP) is 7.49. The molecule has 0 aromatic heterocycles. The van der Waals surface area contributed by atoms with Gasteiger partial charge in [0.1, 0.15) is 0 Å². The van der Waals surface area contributed by atoms with Gasteiger partial charge in [0.25, 0.3) is 0 Å². The van der Waals surface area contributed by atoms with Crippen LogP contribution in [0.2, 0.25) is 0 Å². The maximum atomic E-state index is 2.39. The second kappa shape index (κ2) is 10.2. The van der Waals surface area contributed by atoms with Crippen molar-refractivity contribution in [1.29, 1.82) is 0 Å². The summed E-state index contributed by atoms with van der Waals surface area (Å²) in [5, 5.41) is 0. The summed E-state index contributed by atoms with van der Waals surface area (Å²) < 4.78 is 0. The van der Waals surface area contributed by atoms with E-state index in [1.54, 1.807) is 0 Å². The maximum absolute atomic E-state index is 2.39. The zero-order valence-corrected chi connectivity index (χ0v) is 16.3. The average molecular weight is 334 g/mol. The molecule has 0 spiro atoms. The van der Waals surface area contributed by atoms with E-state index >= 15 is 0 Å². The summed E-state index contributed by atoms with van der Waals surface area (Å²) in [6.45, 7) is 8.27. The first-order valence-corrected chi connectivity index (χ1v) is 9.89. The third-order valence-corrected chi connectivity index (χ3v) is 5.11. The van der Waals surface area contributed by atoms with Crippen LogP contribution in [0.15, 0.2) is 66.3 Å². The highest BCUT2D eigenvalue weighted by atomic mass is 14.3. The highest BCUT2D eigenvalue weighted by molar-refractivity contribution is 5.76. The number of aryl methyl sites for hydroxylation is 1. The second-order valence-corrected chi connectivity index (χ2v) is 6.82. The molecule has 2 aliphatic rings. The highest BCUT2D eigenvalue weighted by Crippen LogP contribution is 2.36. The Balaban J connectivity index is 0.00000109. The quantitative estimate of drug-likeness (QED) is 0.503. The average Bonchev–Trinajstić information content (AvgIpc) is 2.91. The van der Waals surface area contributed by atoms with Gasteiger partial charge < -0.3 is 0 Å². The van der Waals surface area contributed by atoms with Gasteiger partial charge in [0.05, 0.1) is 0 Å². The van der Waals surface area contributed by atoms with Crippen LogP contribution in [0.5, 0.6) is 0 Å². The maximum Gasteiger partial charge on any atom is 0.00866 e. The fourth-order valence-corrected chi connectivity index (χ4v) is 3.69. The van der Waals surface area contributed by atoms with E-state index in [0.717, 1.165) is 11.8 Å². The summed E-state index contributed by atoms with van der Waals surface area (Å²) in [6.07, 6.45) is 21.3. The lowest BCUT2D eigenvalue weighted by Crippen LogP contribution is -2.15. The first kappa shape index (κ1) is 19.5. The van der Waals surface area contributed by atoms with Gasteiger partial charge in [-0.3, -0.25) is 0 Å². The Hall–Kier alpha value is -1.82. The largest absolute Gasteiger partial charge is 0.0914 e. The normalized spacial score (nSPS) is 23.4. The van der Waals surface area contributed by atoms with E-state index in [-0.39, 0.29) is 0 Å². The fourth-order valence-electron chi connectivity index (χ4n) is 3.69. The molecule has 0 N–H and O–H groups in total. The van der Waals surface area contributed by atoms with Gasteiger partial charge in [0.15, 0.2) is 0 Å². The molecule has 1 aromatic rings. The molecule has 0 nitrogen and oxygen atoms in total. The van der Waals surface area contributed by atoms with Crippen molar-refractivity contribution < 1.29 is 0 Å². The Morgan fingerprint density at radius 1 is 0.920 bits per heavy atom. The van der Waals surface area contributed by atoms with Crippen molar-refractivity contribution in [1.82, 2.24) is 0 Å². The van der Waals surface area contributed by atoms with Crippen molar-refractivity contribution in [2.45, 2.75) is 53.4 Å². The molecule has 1 fully saturated rings. The smallest absolute Gasteiger partial charge is 0.00866 e. The number of benzene rings is 1. The first-order valence-electron chi connectivity index (χ1n) is 9.89. The van der Waals surface area contributed by atoms with Gasteiger partial charge in [-0.1, -0.05) is 85.7 Å². The van der Waals surface area contributed by atoms with Crippen LogP contribution in [0, 0.1) is 25.2 Å². The SMILES string of the molecule is C/C=C/C1CCC(C2=CC=C(c3ccc(C)cc3)C=C[CH]2)CC1.CC. The van der Waals surface area contributed by atoms with E-state index in [9.17, 15) is 0 Å². The summed E-state index contributed by atoms with van der Waals surface area (Å²) >= 11 is 0. The van der Waals surface area contributed by atoms with Crippen molar-refractivity contribution in [3.8, 4) is 0 Å². The van der Waals surface area contributed by atoms with Gasteiger partial charge in [-0.15, -0.1) is 0 Å². The minimum Gasteiger partial charge on any atom is -0.0914 e. The van der Waals surface area contributed by atoms with E-state index in [1.165, 1.54) is 48.0 Å². The number of allylic oxidation sites excluding steroid dienone is 8. The van der Waals surface area contributed by atoms with Gasteiger partial charge in [-0.2, -0.15) is 0 Å². The van der Waals surface area contributed by atoms with Crippen LogP contribution in [0.25, 0.3) is 5.57 Å². The third-order valence-electron chi connectivity index (χ3n) is 5.11. The van der Waals surface area contributed by atoms with Crippen molar-refractivity contribution >= 4 is 5.57 Å². The molecule has 2 aliphatic carbocycles. The first-order chi connectivity index (χ1) is 12.3. The fraction of sp³-hybridized carbons (Fsp3) is 0.400. The number of hydrogen-bond donors (Lipinski definition) is 0. The number of hydrogen-bond acceptors (Lipinski definition) is 0. The zero-order valence-electron chi connectivity index (χ0n) is 16.3. The van der Waals surface area contributed by atoms with Gasteiger partial charge in [-0.25, -0.2) is 0 Å². The molecule has 0 bridgehead atoms. The molecule has 25 heavy (non-hydrogen) atoms. The van der Waals surface area contributed by atoms with Crippen molar-refractivity contribution in [2.75, 3.05) is 0 Å². The van der Waals surface area contributed by atoms with Crippen molar-refractivity contribution in [3.05, 3.63) is 83.8 Å². The summed E-state index contributed by atoms with van der Waals surface area (Å²) in [4.78, 5) is 0. The van der Waals surface area contributed by atoms with Crippen LogP contribution in [-0.4, -0.2) is 0 Å². The molecule has 0 heterocycles. The van der Waals surface area contributed by atoms with E-state index in [2.05, 4.69) is 81.0 Å². The predicted molar refractivity (Wildman–Crippen MR) is 112 cm³/mol. The molecule has 1 radical (unpaired) electrons. The van der Waals surface area contributed by atoms with Gasteiger partial charge >= 0.3 is 0 Å². The number of rotatable bonds is 3. The molecule has 0 amide bonds. The molecular formula is C25H33. The molecule has 0 aliphatic heterocycles. The Kier molecular flexibility index (Phi) is 7.98. The van der Waals surface area contributed by atoms with Crippen LogP contribution in [0.3, 0.4) is 0 Å². The monoisotopic (exact) mass is 333 g/mol. The molecule has 0 saturated heterocycles. The lowest BCUT2D eigenvalue weighted by Gasteiger charge is -2.28. The lowest BCUT2D eigenvalue weighted by atomic mass is 9.77.